The highest BCUT2D eigenvalue weighted by Crippen LogP contribution is 2.13. The van der Waals surface area contributed by atoms with Gasteiger partial charge >= 0.3 is 11.8 Å². The fourth-order valence-electron chi connectivity index (χ4n) is 1.66. The monoisotopic (exact) mass is 288 g/mol. The summed E-state index contributed by atoms with van der Waals surface area (Å²) in [5.74, 6) is 0.274. The largest absolute Gasteiger partial charge is 0.444 e. The zero-order valence-electron chi connectivity index (χ0n) is 12.0. The van der Waals surface area contributed by atoms with Gasteiger partial charge in [0.05, 0.1) is 5.69 Å². The Morgan fingerprint density at radius 1 is 1.19 bits per heavy atom. The van der Waals surface area contributed by atoms with Crippen LogP contribution in [0.4, 0.5) is 10.6 Å². The predicted molar refractivity (Wildman–Crippen MR) is 77.5 cm³/mol. The molecular formula is C14H16N4O3. The molecule has 0 aromatic carbocycles. The lowest BCUT2D eigenvalue weighted by Gasteiger charge is -2.20. The van der Waals surface area contributed by atoms with E-state index in [9.17, 15) is 9.59 Å². The zero-order chi connectivity index (χ0) is 15.5. The van der Waals surface area contributed by atoms with Crippen LogP contribution >= 0.6 is 0 Å². The summed E-state index contributed by atoms with van der Waals surface area (Å²) in [5.41, 5.74) is -0.581. The van der Waals surface area contributed by atoms with Crippen molar-refractivity contribution in [3.63, 3.8) is 0 Å². The molecule has 0 fully saturated rings. The van der Waals surface area contributed by atoms with Gasteiger partial charge in [0.2, 0.25) is 0 Å². The third kappa shape index (κ3) is 3.88. The Kier molecular flexibility index (Phi) is 4.02. The number of anilines is 1. The van der Waals surface area contributed by atoms with E-state index in [4.69, 9.17) is 4.74 Å². The molecule has 0 atom stereocenters. The molecule has 21 heavy (non-hydrogen) atoms. The summed E-state index contributed by atoms with van der Waals surface area (Å²) < 4.78 is 6.44. The topological polar surface area (TPSA) is 86.1 Å². The van der Waals surface area contributed by atoms with E-state index in [1.807, 2.05) is 0 Å². The van der Waals surface area contributed by atoms with Gasteiger partial charge in [0.25, 0.3) is 0 Å². The number of carbonyl (C=O) groups is 1. The zero-order valence-corrected chi connectivity index (χ0v) is 12.0. The molecule has 0 radical (unpaired) electrons. The average molecular weight is 288 g/mol. The van der Waals surface area contributed by atoms with Crippen LogP contribution in [0.1, 0.15) is 20.8 Å². The van der Waals surface area contributed by atoms with Crippen LogP contribution in [0, 0.1) is 0 Å². The number of ether oxygens (including phenoxy) is 1. The Labute approximate surface area is 121 Å². The Bertz CT molecular complexity index is 689. The number of nitrogens with zero attached hydrogens (tertiary/aromatic N) is 3. The second-order valence-corrected chi connectivity index (χ2v) is 5.28. The number of pyridine rings is 1. The van der Waals surface area contributed by atoms with Crippen molar-refractivity contribution >= 4 is 11.9 Å². The van der Waals surface area contributed by atoms with Gasteiger partial charge in [-0.3, -0.25) is 10.3 Å². The maximum atomic E-state index is 11.9. The highest BCUT2D eigenvalue weighted by atomic mass is 16.6. The van der Waals surface area contributed by atoms with Crippen molar-refractivity contribution in [2.45, 2.75) is 26.4 Å². The molecule has 0 bridgehead atoms. The minimum atomic E-state index is -0.643. The van der Waals surface area contributed by atoms with E-state index < -0.39 is 17.4 Å². The van der Waals surface area contributed by atoms with E-state index in [2.05, 4.69) is 15.3 Å². The number of rotatable bonds is 2. The molecule has 0 spiro atoms. The third-order valence-corrected chi connectivity index (χ3v) is 2.40. The lowest BCUT2D eigenvalue weighted by molar-refractivity contribution is 0.0635. The summed E-state index contributed by atoms with van der Waals surface area (Å²) in [5, 5.41) is 2.55. The van der Waals surface area contributed by atoms with Crippen molar-refractivity contribution in [3.05, 3.63) is 47.3 Å². The van der Waals surface area contributed by atoms with E-state index in [0.717, 1.165) is 0 Å². The van der Waals surface area contributed by atoms with E-state index in [1.54, 1.807) is 45.3 Å². The molecule has 0 unspecified atom stereocenters. The van der Waals surface area contributed by atoms with Crippen LogP contribution in [-0.2, 0) is 4.74 Å². The third-order valence-electron chi connectivity index (χ3n) is 2.40. The summed E-state index contributed by atoms with van der Waals surface area (Å²) in [6.45, 7) is 5.28. The number of nitrogens with one attached hydrogen (secondary N) is 1. The fraction of sp³-hybridized carbons (Fsp3) is 0.286. The number of carbonyl (C=O) groups excluding carboxylic acids is 1. The van der Waals surface area contributed by atoms with Gasteiger partial charge in [-0.05, 0) is 39.0 Å². The van der Waals surface area contributed by atoms with Crippen molar-refractivity contribution in [1.82, 2.24) is 14.5 Å². The van der Waals surface area contributed by atoms with Crippen molar-refractivity contribution in [3.8, 4) is 5.69 Å². The van der Waals surface area contributed by atoms with Gasteiger partial charge in [-0.25, -0.2) is 19.1 Å². The molecule has 0 aliphatic carbocycles. The van der Waals surface area contributed by atoms with Crippen molar-refractivity contribution in [2.24, 2.45) is 0 Å². The maximum absolute atomic E-state index is 11.9. The summed E-state index contributed by atoms with van der Waals surface area (Å²) >= 11 is 0. The van der Waals surface area contributed by atoms with Crippen LogP contribution in [0.5, 0.6) is 0 Å². The van der Waals surface area contributed by atoms with Gasteiger partial charge in [-0.1, -0.05) is 0 Å². The quantitative estimate of drug-likeness (QED) is 0.913. The second kappa shape index (κ2) is 5.74. The van der Waals surface area contributed by atoms with Gasteiger partial charge in [0, 0.05) is 18.6 Å². The molecule has 0 aliphatic rings. The lowest BCUT2D eigenvalue weighted by Crippen LogP contribution is -2.30. The Balaban J connectivity index is 2.35. The standard InChI is InChI=1S/C14H16N4O3/c1-14(2,3)21-13(20)17-11-6-9-16-12(19)18(11)10-4-7-15-8-5-10/h4-9H,1-3H3,(H,17,20). The van der Waals surface area contributed by atoms with Crippen molar-refractivity contribution in [2.75, 3.05) is 5.32 Å². The van der Waals surface area contributed by atoms with Crippen molar-refractivity contribution < 1.29 is 9.53 Å². The smallest absolute Gasteiger partial charge is 0.413 e. The summed E-state index contributed by atoms with van der Waals surface area (Å²) in [6.07, 6.45) is 3.78. The highest BCUT2D eigenvalue weighted by molar-refractivity contribution is 5.84. The number of hydrogen-bond donors (Lipinski definition) is 1. The maximum Gasteiger partial charge on any atom is 0.413 e. The Morgan fingerprint density at radius 3 is 2.48 bits per heavy atom. The molecule has 110 valence electrons. The highest BCUT2D eigenvalue weighted by Gasteiger charge is 2.18. The van der Waals surface area contributed by atoms with Crippen LogP contribution in [0.25, 0.3) is 5.69 Å². The Morgan fingerprint density at radius 2 is 1.86 bits per heavy atom. The van der Waals surface area contributed by atoms with Crippen LogP contribution in [0.2, 0.25) is 0 Å². The van der Waals surface area contributed by atoms with Gasteiger partial charge in [-0.15, -0.1) is 0 Å². The summed E-state index contributed by atoms with van der Waals surface area (Å²) in [7, 11) is 0. The molecule has 7 heteroatoms. The van der Waals surface area contributed by atoms with Gasteiger partial charge in [0.15, 0.2) is 0 Å². The molecular weight excluding hydrogens is 272 g/mol. The van der Waals surface area contributed by atoms with Gasteiger partial charge in [0.1, 0.15) is 11.4 Å². The molecule has 0 aliphatic heterocycles. The van der Waals surface area contributed by atoms with Crippen molar-refractivity contribution in [1.29, 1.82) is 0 Å². The second-order valence-electron chi connectivity index (χ2n) is 5.28. The molecule has 2 aromatic rings. The molecule has 2 rings (SSSR count). The molecule has 2 heterocycles. The first-order valence-corrected chi connectivity index (χ1v) is 6.35. The van der Waals surface area contributed by atoms with Crippen LogP contribution in [0.3, 0.4) is 0 Å². The molecule has 0 saturated heterocycles. The molecule has 1 amide bonds. The molecule has 7 nitrogen and oxygen atoms in total. The van der Waals surface area contributed by atoms with Gasteiger partial charge < -0.3 is 4.74 Å². The van der Waals surface area contributed by atoms with Crippen LogP contribution in [-0.4, -0.2) is 26.2 Å². The Hall–Kier alpha value is -2.70. The minimum absolute atomic E-state index is 0.274. The first-order valence-electron chi connectivity index (χ1n) is 6.35. The first-order chi connectivity index (χ1) is 9.87. The summed E-state index contributed by atoms with van der Waals surface area (Å²) in [4.78, 5) is 31.4. The van der Waals surface area contributed by atoms with E-state index in [1.165, 1.54) is 16.8 Å². The fourth-order valence-corrected chi connectivity index (χ4v) is 1.66. The van der Waals surface area contributed by atoms with E-state index >= 15 is 0 Å². The van der Waals surface area contributed by atoms with E-state index in [-0.39, 0.29) is 5.82 Å². The van der Waals surface area contributed by atoms with E-state index in [0.29, 0.717) is 5.69 Å². The SMILES string of the molecule is CC(C)(C)OC(=O)Nc1ccnc(=O)n1-c1ccncc1. The number of hydrogen-bond acceptors (Lipinski definition) is 5. The predicted octanol–water partition coefficient (Wildman–Crippen LogP) is 1.97. The lowest BCUT2D eigenvalue weighted by atomic mass is 10.2. The van der Waals surface area contributed by atoms with Gasteiger partial charge in [-0.2, -0.15) is 0 Å². The number of aromatic nitrogens is 3. The average Bonchev–Trinajstić information content (AvgIpc) is 2.37. The normalized spacial score (nSPS) is 11.0. The number of amides is 1. The van der Waals surface area contributed by atoms with Crippen LogP contribution in [0.15, 0.2) is 41.6 Å². The summed E-state index contributed by atoms with van der Waals surface area (Å²) in [6, 6.07) is 4.80. The first kappa shape index (κ1) is 14.7. The molecule has 1 N–H and O–H groups in total. The minimum Gasteiger partial charge on any atom is -0.444 e. The molecule has 0 saturated carbocycles. The van der Waals surface area contributed by atoms with Crippen LogP contribution < -0.4 is 11.0 Å². The molecule has 2 aromatic heterocycles.